The van der Waals surface area contributed by atoms with Gasteiger partial charge in [-0.2, -0.15) is 0 Å². The van der Waals surface area contributed by atoms with Crippen molar-refractivity contribution in [2.75, 3.05) is 46.0 Å². The van der Waals surface area contributed by atoms with Gasteiger partial charge in [0.25, 0.3) is 5.91 Å². The Bertz CT molecular complexity index is 999. The molecule has 0 radical (unpaired) electrons. The van der Waals surface area contributed by atoms with Gasteiger partial charge in [-0.15, -0.1) is 12.4 Å². The number of anilines is 1. The van der Waals surface area contributed by atoms with Gasteiger partial charge in [0.1, 0.15) is 5.75 Å². The van der Waals surface area contributed by atoms with E-state index < -0.39 is 0 Å². The number of ether oxygens (including phenoxy) is 3. The average Bonchev–Trinajstić information content (AvgIpc) is 3.34. The summed E-state index contributed by atoms with van der Waals surface area (Å²) in [5.41, 5.74) is 1.31. The van der Waals surface area contributed by atoms with E-state index in [2.05, 4.69) is 4.90 Å². The van der Waals surface area contributed by atoms with Gasteiger partial charge in [0, 0.05) is 18.7 Å². The molecule has 1 amide bonds. The molecular formula is C21H24ClN3O4S. The fourth-order valence-corrected chi connectivity index (χ4v) is 4.22. The minimum atomic E-state index is -0.125. The highest BCUT2D eigenvalue weighted by Gasteiger charge is 2.25. The Morgan fingerprint density at radius 3 is 2.63 bits per heavy atom. The van der Waals surface area contributed by atoms with Crippen molar-refractivity contribution in [3.05, 3.63) is 42.0 Å². The van der Waals surface area contributed by atoms with Gasteiger partial charge in [0.2, 0.25) is 6.79 Å². The van der Waals surface area contributed by atoms with Crippen LogP contribution in [0.3, 0.4) is 0 Å². The molecule has 160 valence electrons. The van der Waals surface area contributed by atoms with Crippen molar-refractivity contribution < 1.29 is 19.0 Å². The molecule has 9 heteroatoms. The van der Waals surface area contributed by atoms with Gasteiger partial charge in [-0.05, 0) is 39.2 Å². The molecule has 0 saturated heterocycles. The number of thiazole rings is 1. The summed E-state index contributed by atoms with van der Waals surface area (Å²) < 4.78 is 17.3. The Morgan fingerprint density at radius 2 is 1.90 bits per heavy atom. The lowest BCUT2D eigenvalue weighted by molar-refractivity contribution is 0.0983. The van der Waals surface area contributed by atoms with Crippen molar-refractivity contribution in [2.24, 2.45) is 0 Å². The van der Waals surface area contributed by atoms with E-state index >= 15 is 0 Å². The number of para-hydroxylation sites is 1. The van der Waals surface area contributed by atoms with Crippen LogP contribution in [0, 0.1) is 0 Å². The zero-order chi connectivity index (χ0) is 20.4. The molecule has 2 aromatic carbocycles. The molecule has 1 aromatic heterocycles. The Balaban J connectivity index is 0.00000256. The predicted octanol–water partition coefficient (Wildman–Crippen LogP) is 4.05. The van der Waals surface area contributed by atoms with Crippen LogP contribution in [-0.2, 0) is 0 Å². The van der Waals surface area contributed by atoms with Crippen LogP contribution < -0.4 is 19.1 Å². The summed E-state index contributed by atoms with van der Waals surface area (Å²) in [6.45, 7) is 1.65. The van der Waals surface area contributed by atoms with Crippen LogP contribution in [0.25, 0.3) is 10.2 Å². The quantitative estimate of drug-likeness (QED) is 0.542. The molecule has 0 spiro atoms. The standard InChI is InChI=1S/C21H23N3O4S.ClH/c1-23(2)9-6-10-24(20(25)14-7-4-5-8-16(14)26-3)21-22-15-11-17-18(28-13-27-17)12-19(15)29-21;/h4-5,7-8,11-12H,6,9-10,13H2,1-3H3;1H. The van der Waals surface area contributed by atoms with Gasteiger partial charge >= 0.3 is 0 Å². The lowest BCUT2D eigenvalue weighted by atomic mass is 10.1. The number of carbonyl (C=O) groups excluding carboxylic acids is 1. The van der Waals surface area contributed by atoms with Crippen molar-refractivity contribution in [1.29, 1.82) is 0 Å². The third-order valence-electron chi connectivity index (χ3n) is 4.67. The van der Waals surface area contributed by atoms with Gasteiger partial charge in [-0.3, -0.25) is 9.69 Å². The van der Waals surface area contributed by atoms with Crippen LogP contribution in [0.1, 0.15) is 16.8 Å². The highest BCUT2D eigenvalue weighted by atomic mass is 35.5. The first kappa shape index (κ1) is 22.1. The summed E-state index contributed by atoms with van der Waals surface area (Å²) in [5.74, 6) is 1.82. The summed E-state index contributed by atoms with van der Waals surface area (Å²) >= 11 is 1.47. The van der Waals surface area contributed by atoms with Crippen molar-refractivity contribution in [3.63, 3.8) is 0 Å². The SMILES string of the molecule is COc1ccccc1C(=O)N(CCCN(C)C)c1nc2cc3c(cc2s1)OCO3.Cl. The number of nitrogens with zero attached hydrogens (tertiary/aromatic N) is 3. The number of hydrogen-bond donors (Lipinski definition) is 0. The van der Waals surface area contributed by atoms with Crippen LogP contribution in [0.2, 0.25) is 0 Å². The van der Waals surface area contributed by atoms with E-state index in [0.29, 0.717) is 34.5 Å². The average molecular weight is 450 g/mol. The number of carbonyl (C=O) groups is 1. The third kappa shape index (κ3) is 4.45. The molecule has 0 bridgehead atoms. The van der Waals surface area contributed by atoms with E-state index in [1.165, 1.54) is 11.3 Å². The predicted molar refractivity (Wildman–Crippen MR) is 121 cm³/mol. The third-order valence-corrected chi connectivity index (χ3v) is 5.71. The van der Waals surface area contributed by atoms with E-state index in [-0.39, 0.29) is 25.1 Å². The van der Waals surface area contributed by atoms with E-state index in [1.807, 2.05) is 38.4 Å². The summed E-state index contributed by atoms with van der Waals surface area (Å²) in [4.78, 5) is 22.0. The Labute approximate surface area is 185 Å². The van der Waals surface area contributed by atoms with E-state index in [0.717, 1.165) is 23.2 Å². The lowest BCUT2D eigenvalue weighted by Crippen LogP contribution is -2.33. The van der Waals surface area contributed by atoms with Gasteiger partial charge in [-0.25, -0.2) is 4.98 Å². The van der Waals surface area contributed by atoms with E-state index in [4.69, 9.17) is 19.2 Å². The maximum atomic E-state index is 13.4. The topological polar surface area (TPSA) is 64.1 Å². The summed E-state index contributed by atoms with van der Waals surface area (Å²) in [5, 5.41) is 0.651. The maximum Gasteiger partial charge on any atom is 0.263 e. The first-order valence-corrected chi connectivity index (χ1v) is 10.2. The van der Waals surface area contributed by atoms with Crippen LogP contribution in [0.4, 0.5) is 5.13 Å². The van der Waals surface area contributed by atoms with Gasteiger partial charge in [-0.1, -0.05) is 23.5 Å². The number of amides is 1. The van der Waals surface area contributed by atoms with Crippen LogP contribution in [0.15, 0.2) is 36.4 Å². The largest absolute Gasteiger partial charge is 0.496 e. The molecule has 0 atom stereocenters. The Hall–Kier alpha value is -2.55. The van der Waals surface area contributed by atoms with Crippen molar-refractivity contribution in [1.82, 2.24) is 9.88 Å². The second kappa shape index (κ2) is 9.51. The second-order valence-corrected chi connectivity index (χ2v) is 7.99. The summed E-state index contributed by atoms with van der Waals surface area (Å²) in [7, 11) is 5.61. The van der Waals surface area contributed by atoms with Gasteiger partial charge in [0.15, 0.2) is 16.6 Å². The number of halogens is 1. The minimum absolute atomic E-state index is 0. The molecule has 0 N–H and O–H groups in total. The number of fused-ring (bicyclic) bond motifs is 2. The maximum absolute atomic E-state index is 13.4. The second-order valence-electron chi connectivity index (χ2n) is 6.98. The van der Waals surface area contributed by atoms with Crippen LogP contribution in [0.5, 0.6) is 17.2 Å². The van der Waals surface area contributed by atoms with E-state index in [1.54, 1.807) is 24.1 Å². The molecule has 0 saturated carbocycles. The van der Waals surface area contributed by atoms with E-state index in [9.17, 15) is 4.79 Å². The zero-order valence-electron chi connectivity index (χ0n) is 17.1. The highest BCUT2D eigenvalue weighted by molar-refractivity contribution is 7.22. The minimum Gasteiger partial charge on any atom is -0.496 e. The van der Waals surface area contributed by atoms with Crippen molar-refractivity contribution in [3.8, 4) is 17.2 Å². The monoisotopic (exact) mass is 449 g/mol. The molecule has 30 heavy (non-hydrogen) atoms. The summed E-state index contributed by atoms with van der Waals surface area (Å²) in [6.07, 6.45) is 0.826. The molecule has 4 rings (SSSR count). The normalized spacial score (nSPS) is 12.1. The molecule has 7 nitrogen and oxygen atoms in total. The molecule has 1 aliphatic heterocycles. The molecule has 1 aliphatic rings. The Kier molecular flexibility index (Phi) is 7.02. The smallest absolute Gasteiger partial charge is 0.263 e. The fourth-order valence-electron chi connectivity index (χ4n) is 3.22. The molecule has 2 heterocycles. The molecule has 3 aromatic rings. The first-order valence-electron chi connectivity index (χ1n) is 9.36. The molecular weight excluding hydrogens is 426 g/mol. The van der Waals surface area contributed by atoms with Crippen molar-refractivity contribution in [2.45, 2.75) is 6.42 Å². The molecule has 0 fully saturated rings. The van der Waals surface area contributed by atoms with Crippen molar-refractivity contribution >= 4 is 45.0 Å². The lowest BCUT2D eigenvalue weighted by Gasteiger charge is -2.22. The zero-order valence-corrected chi connectivity index (χ0v) is 18.7. The highest BCUT2D eigenvalue weighted by Crippen LogP contribution is 2.40. The number of hydrogen-bond acceptors (Lipinski definition) is 7. The summed E-state index contributed by atoms with van der Waals surface area (Å²) in [6, 6.07) is 11.1. The first-order chi connectivity index (χ1) is 14.1. The molecule has 0 unspecified atom stereocenters. The number of benzene rings is 2. The van der Waals surface area contributed by atoms with Crippen LogP contribution in [-0.4, -0.2) is 56.9 Å². The van der Waals surface area contributed by atoms with Crippen LogP contribution >= 0.6 is 23.7 Å². The Morgan fingerprint density at radius 1 is 1.17 bits per heavy atom. The van der Waals surface area contributed by atoms with Gasteiger partial charge < -0.3 is 19.1 Å². The number of rotatable bonds is 7. The number of methoxy groups -OCH3 is 1. The van der Waals surface area contributed by atoms with Gasteiger partial charge in [0.05, 0.1) is 22.9 Å². The molecule has 0 aliphatic carbocycles. The number of aromatic nitrogens is 1. The fraction of sp³-hybridized carbons (Fsp3) is 0.333.